The van der Waals surface area contributed by atoms with Crippen molar-refractivity contribution >= 4 is 18.3 Å². The quantitative estimate of drug-likeness (QED) is 0.745. The fraction of sp³-hybridized carbons (Fsp3) is 0.938. The van der Waals surface area contributed by atoms with E-state index in [0.29, 0.717) is 12.5 Å². The number of aliphatic hydroxyl groups excluding tert-OH is 1. The standard InChI is InChI=1S/C16H30N2O2.ClH/c1-16(17)10-6-5-9-13(16)15(20)18-11-14(19)12-7-3-2-4-8-12;/h12-14,19H,2-11,17H2,1H3,(H,18,20);1H. The lowest BCUT2D eigenvalue weighted by Crippen LogP contribution is -2.53. The maximum Gasteiger partial charge on any atom is 0.225 e. The smallest absolute Gasteiger partial charge is 0.225 e. The van der Waals surface area contributed by atoms with Gasteiger partial charge in [-0.1, -0.05) is 32.1 Å². The molecule has 0 radical (unpaired) electrons. The van der Waals surface area contributed by atoms with Gasteiger partial charge in [0.2, 0.25) is 5.91 Å². The first-order valence-electron chi connectivity index (χ1n) is 8.25. The highest BCUT2D eigenvalue weighted by molar-refractivity contribution is 5.85. The first-order valence-corrected chi connectivity index (χ1v) is 8.25. The van der Waals surface area contributed by atoms with E-state index >= 15 is 0 Å². The third-order valence-corrected chi connectivity index (χ3v) is 5.25. The van der Waals surface area contributed by atoms with E-state index in [9.17, 15) is 9.90 Å². The van der Waals surface area contributed by atoms with E-state index in [1.54, 1.807) is 0 Å². The summed E-state index contributed by atoms with van der Waals surface area (Å²) in [7, 11) is 0. The highest BCUT2D eigenvalue weighted by Gasteiger charge is 2.37. The van der Waals surface area contributed by atoms with Crippen molar-refractivity contribution in [2.24, 2.45) is 17.6 Å². The van der Waals surface area contributed by atoms with Gasteiger partial charge in [0.15, 0.2) is 0 Å². The minimum atomic E-state index is -0.396. The molecule has 2 aliphatic carbocycles. The molecule has 0 spiro atoms. The molecule has 2 aliphatic rings. The maximum absolute atomic E-state index is 12.3. The molecule has 2 saturated carbocycles. The SMILES string of the molecule is CC1(N)CCCCC1C(=O)NCC(O)C1CCCCC1.Cl. The van der Waals surface area contributed by atoms with E-state index in [-0.39, 0.29) is 24.2 Å². The number of hydrogen-bond acceptors (Lipinski definition) is 3. The summed E-state index contributed by atoms with van der Waals surface area (Å²) in [5.74, 6) is 0.291. The zero-order valence-corrected chi connectivity index (χ0v) is 14.0. The third-order valence-electron chi connectivity index (χ3n) is 5.25. The van der Waals surface area contributed by atoms with Gasteiger partial charge >= 0.3 is 0 Å². The van der Waals surface area contributed by atoms with Crippen LogP contribution in [0.3, 0.4) is 0 Å². The lowest BCUT2D eigenvalue weighted by Gasteiger charge is -2.37. The van der Waals surface area contributed by atoms with Crippen molar-refractivity contribution in [1.82, 2.24) is 5.32 Å². The molecule has 0 aromatic rings. The van der Waals surface area contributed by atoms with Crippen molar-refractivity contribution in [2.45, 2.75) is 76.4 Å². The average molecular weight is 319 g/mol. The second-order valence-corrected chi connectivity index (χ2v) is 7.01. The number of nitrogens with two attached hydrogens (primary N) is 1. The molecule has 21 heavy (non-hydrogen) atoms. The molecular weight excluding hydrogens is 288 g/mol. The Hall–Kier alpha value is -0.320. The van der Waals surface area contributed by atoms with Crippen LogP contribution in [0.5, 0.6) is 0 Å². The molecule has 0 aromatic carbocycles. The summed E-state index contributed by atoms with van der Waals surface area (Å²) < 4.78 is 0. The monoisotopic (exact) mass is 318 g/mol. The van der Waals surface area contributed by atoms with E-state index in [1.165, 1.54) is 19.3 Å². The molecule has 4 N–H and O–H groups in total. The Morgan fingerprint density at radius 1 is 1.24 bits per heavy atom. The first kappa shape index (κ1) is 18.7. The lowest BCUT2D eigenvalue weighted by molar-refractivity contribution is -0.128. The summed E-state index contributed by atoms with van der Waals surface area (Å²) >= 11 is 0. The first-order chi connectivity index (χ1) is 9.50. The Morgan fingerprint density at radius 3 is 2.48 bits per heavy atom. The summed E-state index contributed by atoms with van der Waals surface area (Å²) in [6, 6.07) is 0. The molecule has 1 amide bonds. The van der Waals surface area contributed by atoms with Crippen LogP contribution in [0, 0.1) is 11.8 Å². The van der Waals surface area contributed by atoms with Gasteiger partial charge in [0.05, 0.1) is 12.0 Å². The molecule has 0 aliphatic heterocycles. The van der Waals surface area contributed by atoms with Gasteiger partial charge in [-0.3, -0.25) is 4.79 Å². The third kappa shape index (κ3) is 5.11. The second-order valence-electron chi connectivity index (χ2n) is 7.01. The number of amides is 1. The molecule has 2 fully saturated rings. The van der Waals surface area contributed by atoms with Crippen LogP contribution in [0.2, 0.25) is 0 Å². The summed E-state index contributed by atoms with van der Waals surface area (Å²) in [4.78, 5) is 12.3. The predicted octanol–water partition coefficient (Wildman–Crippen LogP) is 2.37. The fourth-order valence-electron chi connectivity index (χ4n) is 3.80. The van der Waals surface area contributed by atoms with Crippen molar-refractivity contribution in [3.63, 3.8) is 0 Å². The largest absolute Gasteiger partial charge is 0.391 e. The molecule has 2 rings (SSSR count). The molecule has 3 unspecified atom stereocenters. The molecule has 0 saturated heterocycles. The maximum atomic E-state index is 12.3. The van der Waals surface area contributed by atoms with Gasteiger partial charge in [0.1, 0.15) is 0 Å². The van der Waals surface area contributed by atoms with Crippen molar-refractivity contribution in [3.8, 4) is 0 Å². The second kappa shape index (κ2) is 8.35. The van der Waals surface area contributed by atoms with Crippen LogP contribution in [0.25, 0.3) is 0 Å². The number of halogens is 1. The lowest BCUT2D eigenvalue weighted by atomic mass is 9.74. The van der Waals surface area contributed by atoms with Crippen LogP contribution in [0.15, 0.2) is 0 Å². The Labute approximate surface area is 134 Å². The predicted molar refractivity (Wildman–Crippen MR) is 87.4 cm³/mol. The zero-order chi connectivity index (χ0) is 14.6. The number of rotatable bonds is 4. The Bertz CT molecular complexity index is 330. The summed E-state index contributed by atoms with van der Waals surface area (Å²) in [5.41, 5.74) is 5.86. The van der Waals surface area contributed by atoms with E-state index in [2.05, 4.69) is 5.32 Å². The van der Waals surface area contributed by atoms with Crippen molar-refractivity contribution in [3.05, 3.63) is 0 Å². The van der Waals surface area contributed by atoms with E-state index in [1.807, 2.05) is 6.92 Å². The molecule has 4 nitrogen and oxygen atoms in total. The number of aliphatic hydroxyl groups is 1. The van der Waals surface area contributed by atoms with Gasteiger partial charge in [-0.2, -0.15) is 0 Å². The highest BCUT2D eigenvalue weighted by Crippen LogP contribution is 2.32. The fourth-order valence-corrected chi connectivity index (χ4v) is 3.80. The van der Waals surface area contributed by atoms with Gasteiger partial charge in [-0.15, -0.1) is 12.4 Å². The van der Waals surface area contributed by atoms with E-state index < -0.39 is 11.6 Å². The normalized spacial score (nSPS) is 32.0. The molecule has 0 heterocycles. The molecule has 0 bridgehead atoms. The number of hydrogen-bond donors (Lipinski definition) is 3. The molecule has 5 heteroatoms. The van der Waals surface area contributed by atoms with Crippen LogP contribution >= 0.6 is 12.4 Å². The Morgan fingerprint density at radius 2 is 1.86 bits per heavy atom. The van der Waals surface area contributed by atoms with Crippen molar-refractivity contribution < 1.29 is 9.90 Å². The molecular formula is C16H31ClN2O2. The minimum Gasteiger partial charge on any atom is -0.391 e. The summed E-state index contributed by atoms with van der Waals surface area (Å²) in [5, 5.41) is 13.1. The van der Waals surface area contributed by atoms with Gasteiger partial charge in [-0.25, -0.2) is 0 Å². The van der Waals surface area contributed by atoms with Crippen LogP contribution < -0.4 is 11.1 Å². The average Bonchev–Trinajstić information content (AvgIpc) is 2.45. The molecule has 124 valence electrons. The zero-order valence-electron chi connectivity index (χ0n) is 13.1. The van der Waals surface area contributed by atoms with Gasteiger partial charge < -0.3 is 16.2 Å². The highest BCUT2D eigenvalue weighted by atomic mass is 35.5. The number of nitrogens with one attached hydrogen (secondary N) is 1. The van der Waals surface area contributed by atoms with E-state index in [4.69, 9.17) is 5.73 Å². The van der Waals surface area contributed by atoms with Gasteiger partial charge in [0, 0.05) is 12.1 Å². The van der Waals surface area contributed by atoms with E-state index in [0.717, 1.165) is 38.5 Å². The summed E-state index contributed by atoms with van der Waals surface area (Å²) in [6.45, 7) is 2.37. The van der Waals surface area contributed by atoms with Crippen LogP contribution in [0.1, 0.15) is 64.7 Å². The van der Waals surface area contributed by atoms with Crippen molar-refractivity contribution in [2.75, 3.05) is 6.54 Å². The molecule has 3 atom stereocenters. The van der Waals surface area contributed by atoms with Crippen molar-refractivity contribution in [1.29, 1.82) is 0 Å². The summed E-state index contributed by atoms with van der Waals surface area (Å²) in [6.07, 6.45) is 9.46. The number of carbonyl (C=O) groups excluding carboxylic acids is 1. The number of carbonyl (C=O) groups is 1. The minimum absolute atomic E-state index is 0. The Kier molecular flexibility index (Phi) is 7.45. The van der Waals surface area contributed by atoms with Crippen LogP contribution in [0.4, 0.5) is 0 Å². The topological polar surface area (TPSA) is 75.4 Å². The Balaban J connectivity index is 0.00000220. The van der Waals surface area contributed by atoms with Crippen LogP contribution in [-0.2, 0) is 4.79 Å². The van der Waals surface area contributed by atoms with Gasteiger partial charge in [0.25, 0.3) is 0 Å². The molecule has 0 aromatic heterocycles. The van der Waals surface area contributed by atoms with Gasteiger partial charge in [-0.05, 0) is 38.5 Å². The van der Waals surface area contributed by atoms with Crippen LogP contribution in [-0.4, -0.2) is 29.2 Å².